The first-order valence-corrected chi connectivity index (χ1v) is 9.15. The van der Waals surface area contributed by atoms with Gasteiger partial charge in [-0.1, -0.05) is 60.7 Å². The maximum atomic E-state index is 12.6. The van der Waals surface area contributed by atoms with Crippen LogP contribution < -0.4 is 16.4 Å². The van der Waals surface area contributed by atoms with E-state index in [0.717, 1.165) is 11.1 Å². The Labute approximate surface area is 169 Å². The van der Waals surface area contributed by atoms with Gasteiger partial charge < -0.3 is 26.2 Å². The molecule has 0 aliphatic heterocycles. The second kappa shape index (κ2) is 10.8. The van der Waals surface area contributed by atoms with Crippen LogP contribution in [-0.4, -0.2) is 41.2 Å². The van der Waals surface area contributed by atoms with E-state index in [1.165, 1.54) is 6.92 Å². The number of primary amides is 1. The molecule has 3 amide bonds. The second-order valence-electron chi connectivity index (χ2n) is 6.58. The van der Waals surface area contributed by atoms with Gasteiger partial charge >= 0.3 is 6.09 Å². The van der Waals surface area contributed by atoms with E-state index >= 15 is 0 Å². The van der Waals surface area contributed by atoms with E-state index in [0.29, 0.717) is 0 Å². The fraction of sp³-hybridized carbons (Fsp3) is 0.286. The van der Waals surface area contributed by atoms with E-state index in [2.05, 4.69) is 10.6 Å². The number of carbonyl (C=O) groups excluding carboxylic acids is 3. The zero-order chi connectivity index (χ0) is 21.2. The number of rotatable bonds is 9. The lowest BCUT2D eigenvalue weighted by atomic mass is 10.0. The average Bonchev–Trinajstić information content (AvgIpc) is 2.71. The summed E-state index contributed by atoms with van der Waals surface area (Å²) in [6.45, 7) is 1.36. The molecule has 0 radical (unpaired) electrons. The number of hydrogen-bond acceptors (Lipinski definition) is 5. The van der Waals surface area contributed by atoms with Crippen LogP contribution in [0.25, 0.3) is 0 Å². The van der Waals surface area contributed by atoms with Gasteiger partial charge in [0, 0.05) is 6.42 Å². The molecule has 0 aromatic heterocycles. The predicted molar refractivity (Wildman–Crippen MR) is 107 cm³/mol. The van der Waals surface area contributed by atoms with Gasteiger partial charge in [0.05, 0.1) is 6.10 Å². The van der Waals surface area contributed by atoms with E-state index in [-0.39, 0.29) is 13.0 Å². The third-order valence-electron chi connectivity index (χ3n) is 4.19. The quantitative estimate of drug-likeness (QED) is 0.497. The lowest BCUT2D eigenvalue weighted by Crippen LogP contribution is -2.57. The minimum Gasteiger partial charge on any atom is -0.445 e. The molecule has 0 saturated carbocycles. The van der Waals surface area contributed by atoms with E-state index in [4.69, 9.17) is 10.5 Å². The van der Waals surface area contributed by atoms with Crippen LogP contribution in [0, 0.1) is 0 Å². The molecular weight excluding hydrogens is 374 g/mol. The van der Waals surface area contributed by atoms with Gasteiger partial charge in [0.15, 0.2) is 0 Å². The van der Waals surface area contributed by atoms with Crippen LogP contribution in [-0.2, 0) is 27.4 Å². The van der Waals surface area contributed by atoms with Gasteiger partial charge in [-0.15, -0.1) is 0 Å². The number of hydrogen-bond donors (Lipinski definition) is 4. The molecule has 8 nitrogen and oxygen atoms in total. The molecule has 29 heavy (non-hydrogen) atoms. The van der Waals surface area contributed by atoms with Gasteiger partial charge in [0.25, 0.3) is 0 Å². The zero-order valence-electron chi connectivity index (χ0n) is 16.1. The van der Waals surface area contributed by atoms with Crippen molar-refractivity contribution in [3.8, 4) is 0 Å². The molecule has 0 aliphatic carbocycles. The number of nitrogens with two attached hydrogens (primary N) is 1. The summed E-state index contributed by atoms with van der Waals surface area (Å²) >= 11 is 0. The number of aliphatic hydroxyl groups excluding tert-OH is 1. The SMILES string of the molecule is C[C@H](O)[C@H](NC(=O)OCc1ccccc1)C(=O)N[C@@H](Cc1ccccc1)C(N)=O. The summed E-state index contributed by atoms with van der Waals surface area (Å²) in [7, 11) is 0. The first-order valence-electron chi connectivity index (χ1n) is 9.15. The van der Waals surface area contributed by atoms with Crippen LogP contribution >= 0.6 is 0 Å². The Morgan fingerprint density at radius 2 is 1.52 bits per heavy atom. The molecule has 2 aromatic carbocycles. The molecule has 0 spiro atoms. The van der Waals surface area contributed by atoms with Crippen molar-refractivity contribution >= 4 is 17.9 Å². The molecule has 0 aliphatic rings. The Balaban J connectivity index is 1.96. The molecule has 0 saturated heterocycles. The zero-order valence-corrected chi connectivity index (χ0v) is 16.1. The molecule has 0 heterocycles. The van der Waals surface area contributed by atoms with Crippen LogP contribution in [0.5, 0.6) is 0 Å². The summed E-state index contributed by atoms with van der Waals surface area (Å²) in [5.74, 6) is -1.46. The van der Waals surface area contributed by atoms with Gasteiger partial charge in [0.2, 0.25) is 11.8 Å². The molecule has 0 unspecified atom stereocenters. The van der Waals surface area contributed by atoms with Crippen molar-refractivity contribution in [3.05, 3.63) is 71.8 Å². The smallest absolute Gasteiger partial charge is 0.408 e. The third-order valence-corrected chi connectivity index (χ3v) is 4.19. The van der Waals surface area contributed by atoms with E-state index in [9.17, 15) is 19.5 Å². The first-order chi connectivity index (χ1) is 13.9. The van der Waals surface area contributed by atoms with Crippen molar-refractivity contribution in [1.82, 2.24) is 10.6 Å². The molecule has 8 heteroatoms. The summed E-state index contributed by atoms with van der Waals surface area (Å²) in [4.78, 5) is 36.3. The fourth-order valence-electron chi connectivity index (χ4n) is 2.63. The van der Waals surface area contributed by atoms with Gasteiger partial charge in [-0.05, 0) is 18.1 Å². The largest absolute Gasteiger partial charge is 0.445 e. The first kappa shape index (κ1) is 21.9. The highest BCUT2D eigenvalue weighted by Crippen LogP contribution is 2.05. The number of nitrogens with one attached hydrogen (secondary N) is 2. The maximum absolute atomic E-state index is 12.6. The number of carbonyl (C=O) groups is 3. The van der Waals surface area contributed by atoms with Crippen LogP contribution in [0.3, 0.4) is 0 Å². The van der Waals surface area contributed by atoms with Crippen LogP contribution in [0.2, 0.25) is 0 Å². The number of amides is 3. The highest BCUT2D eigenvalue weighted by atomic mass is 16.5. The number of benzene rings is 2. The summed E-state index contributed by atoms with van der Waals surface area (Å²) < 4.78 is 5.07. The van der Waals surface area contributed by atoms with Crippen LogP contribution in [0.15, 0.2) is 60.7 Å². The number of ether oxygens (including phenoxy) is 1. The monoisotopic (exact) mass is 399 g/mol. The summed E-state index contributed by atoms with van der Waals surface area (Å²) in [6, 6.07) is 15.7. The second-order valence-corrected chi connectivity index (χ2v) is 6.58. The van der Waals surface area contributed by atoms with Crippen molar-refractivity contribution in [3.63, 3.8) is 0 Å². The summed E-state index contributed by atoms with van der Waals surface area (Å²) in [6.07, 6.45) is -1.90. The van der Waals surface area contributed by atoms with Crippen molar-refractivity contribution in [2.75, 3.05) is 0 Å². The summed E-state index contributed by atoms with van der Waals surface area (Å²) in [5, 5.41) is 14.7. The third kappa shape index (κ3) is 7.27. The Bertz CT molecular complexity index is 812. The molecule has 0 fully saturated rings. The van der Waals surface area contributed by atoms with Gasteiger partial charge in [-0.25, -0.2) is 4.79 Å². The molecule has 0 bridgehead atoms. The Kier molecular flexibility index (Phi) is 8.17. The summed E-state index contributed by atoms with van der Waals surface area (Å²) in [5.41, 5.74) is 6.98. The minimum absolute atomic E-state index is 0.0126. The Morgan fingerprint density at radius 1 is 0.966 bits per heavy atom. The van der Waals surface area contributed by atoms with Gasteiger partial charge in [0.1, 0.15) is 18.7 Å². The lowest BCUT2D eigenvalue weighted by molar-refractivity contribution is -0.130. The normalized spacial score (nSPS) is 13.6. The highest BCUT2D eigenvalue weighted by Gasteiger charge is 2.29. The predicted octanol–water partition coefficient (Wildman–Crippen LogP) is 0.875. The van der Waals surface area contributed by atoms with E-state index in [1.807, 2.05) is 12.1 Å². The molecule has 5 N–H and O–H groups in total. The highest BCUT2D eigenvalue weighted by molar-refractivity contribution is 5.91. The Morgan fingerprint density at radius 3 is 2.03 bits per heavy atom. The number of aliphatic hydroxyl groups is 1. The minimum atomic E-state index is -1.31. The molecule has 2 aromatic rings. The van der Waals surface area contributed by atoms with E-state index < -0.39 is 36.1 Å². The molecule has 3 atom stereocenters. The van der Waals surface area contributed by atoms with E-state index in [1.54, 1.807) is 48.5 Å². The number of alkyl carbamates (subject to hydrolysis) is 1. The van der Waals surface area contributed by atoms with Crippen molar-refractivity contribution < 1.29 is 24.2 Å². The van der Waals surface area contributed by atoms with Crippen LogP contribution in [0.1, 0.15) is 18.1 Å². The average molecular weight is 399 g/mol. The van der Waals surface area contributed by atoms with Gasteiger partial charge in [-0.2, -0.15) is 0 Å². The molecular formula is C21H25N3O5. The van der Waals surface area contributed by atoms with Gasteiger partial charge in [-0.3, -0.25) is 9.59 Å². The molecule has 154 valence electrons. The van der Waals surface area contributed by atoms with Crippen molar-refractivity contribution in [1.29, 1.82) is 0 Å². The Hall–Kier alpha value is -3.39. The van der Waals surface area contributed by atoms with Crippen molar-refractivity contribution in [2.24, 2.45) is 5.73 Å². The molecule has 2 rings (SSSR count). The maximum Gasteiger partial charge on any atom is 0.408 e. The fourth-order valence-corrected chi connectivity index (χ4v) is 2.63. The van der Waals surface area contributed by atoms with Crippen molar-refractivity contribution in [2.45, 2.75) is 38.1 Å². The van der Waals surface area contributed by atoms with Crippen LogP contribution in [0.4, 0.5) is 4.79 Å². The lowest BCUT2D eigenvalue weighted by Gasteiger charge is -2.23. The topological polar surface area (TPSA) is 131 Å². The standard InChI is InChI=1S/C21H25N3O5/c1-14(25)18(24-21(28)29-13-16-10-6-3-7-11-16)20(27)23-17(19(22)26)12-15-8-4-2-5-9-15/h2-11,14,17-18,25H,12-13H2,1H3,(H2,22,26)(H,23,27)(H,24,28)/t14-,17-,18-/m0/s1.